The third kappa shape index (κ3) is 7.91. The second-order valence-corrected chi connectivity index (χ2v) is 14.3. The molecule has 216 valence electrons. The molecule has 4 aromatic rings. The maximum atomic E-state index is 13.7. The van der Waals surface area contributed by atoms with E-state index >= 15 is 0 Å². The second-order valence-electron chi connectivity index (χ2n) is 8.88. The molecular weight excluding hydrogens is 657 g/mol. The highest BCUT2D eigenvalue weighted by Crippen LogP contribution is 2.36. The Morgan fingerprint density at radius 3 is 1.76 bits per heavy atom. The first-order valence-corrected chi connectivity index (χ1v) is 16.1. The normalized spacial score (nSPS) is 12.1. The molecular formula is C27H21Cl4FN2O5S2. The minimum absolute atomic E-state index is 0.0138. The van der Waals surface area contributed by atoms with E-state index < -0.39 is 36.5 Å². The Labute approximate surface area is 257 Å². The van der Waals surface area contributed by atoms with Crippen LogP contribution in [0.1, 0.15) is 16.7 Å². The molecule has 7 nitrogen and oxygen atoms in total. The largest absolute Gasteiger partial charge is 0.505 e. The summed E-state index contributed by atoms with van der Waals surface area (Å²) in [6.07, 6.45) is 0. The van der Waals surface area contributed by atoms with Gasteiger partial charge in [-0.05, 0) is 59.2 Å². The first-order chi connectivity index (χ1) is 19.2. The number of hydrogen-bond donors (Lipinski definition) is 2. The monoisotopic (exact) mass is 676 g/mol. The Morgan fingerprint density at radius 1 is 0.707 bits per heavy atom. The molecule has 0 aliphatic carbocycles. The fraction of sp³-hybridized carbons (Fsp3) is 0.111. The number of phenols is 1. The van der Waals surface area contributed by atoms with Crippen molar-refractivity contribution in [2.24, 2.45) is 0 Å². The molecule has 0 unspecified atom stereocenters. The van der Waals surface area contributed by atoms with Crippen molar-refractivity contribution >= 4 is 66.5 Å². The van der Waals surface area contributed by atoms with Crippen LogP contribution in [-0.4, -0.2) is 26.2 Å². The molecule has 0 bridgehead atoms. The summed E-state index contributed by atoms with van der Waals surface area (Å²) in [6.45, 7) is -0.356. The van der Waals surface area contributed by atoms with Gasteiger partial charge in [0, 0.05) is 34.7 Å². The van der Waals surface area contributed by atoms with Crippen molar-refractivity contribution in [3.8, 4) is 5.75 Å². The van der Waals surface area contributed by atoms with E-state index in [1.807, 2.05) is 0 Å². The predicted octanol–water partition coefficient (Wildman–Crippen LogP) is 7.01. The van der Waals surface area contributed by atoms with Gasteiger partial charge in [-0.15, -0.1) is 0 Å². The van der Waals surface area contributed by atoms with Crippen LogP contribution in [0.3, 0.4) is 0 Å². The van der Waals surface area contributed by atoms with Crippen LogP contribution in [0.4, 0.5) is 4.39 Å². The van der Waals surface area contributed by atoms with Crippen LogP contribution < -0.4 is 4.72 Å². The predicted molar refractivity (Wildman–Crippen MR) is 158 cm³/mol. The summed E-state index contributed by atoms with van der Waals surface area (Å²) < 4.78 is 69.7. The summed E-state index contributed by atoms with van der Waals surface area (Å²) >= 11 is 23.8. The Morgan fingerprint density at radius 2 is 1.20 bits per heavy atom. The van der Waals surface area contributed by atoms with Crippen molar-refractivity contribution < 1.29 is 26.3 Å². The SMILES string of the molecule is O=S(=O)(NCc1ccc(CN(Cc2ccc(F)cc2)S(=O)(=O)c2cc(Cl)cc(Cl)c2O)cc1)c1cc(Cl)cc(Cl)c1. The van der Waals surface area contributed by atoms with Crippen molar-refractivity contribution in [2.45, 2.75) is 29.4 Å². The van der Waals surface area contributed by atoms with Crippen molar-refractivity contribution in [3.63, 3.8) is 0 Å². The summed E-state index contributed by atoms with van der Waals surface area (Å²) in [6, 6.07) is 18.2. The van der Waals surface area contributed by atoms with Gasteiger partial charge in [0.2, 0.25) is 20.0 Å². The van der Waals surface area contributed by atoms with Crippen LogP contribution in [0.2, 0.25) is 20.1 Å². The summed E-state index contributed by atoms with van der Waals surface area (Å²) in [4.78, 5) is -0.568. The number of sulfonamides is 2. The van der Waals surface area contributed by atoms with E-state index in [0.29, 0.717) is 16.7 Å². The highest BCUT2D eigenvalue weighted by Gasteiger charge is 2.29. The molecule has 0 saturated heterocycles. The number of rotatable bonds is 10. The Kier molecular flexibility index (Phi) is 9.88. The van der Waals surface area contributed by atoms with E-state index in [1.165, 1.54) is 48.5 Å². The molecule has 0 heterocycles. The molecule has 0 amide bonds. The molecule has 0 spiro atoms. The summed E-state index contributed by atoms with van der Waals surface area (Å²) in [5, 5.41) is 10.6. The Hall–Kier alpha value is -2.41. The van der Waals surface area contributed by atoms with Gasteiger partial charge in [-0.25, -0.2) is 25.9 Å². The van der Waals surface area contributed by atoms with Crippen LogP contribution in [0.25, 0.3) is 0 Å². The summed E-state index contributed by atoms with van der Waals surface area (Å²) in [7, 11) is -8.26. The molecule has 14 heteroatoms. The molecule has 0 saturated carbocycles. The van der Waals surface area contributed by atoms with E-state index in [1.54, 1.807) is 24.3 Å². The smallest absolute Gasteiger partial charge is 0.247 e. The Balaban J connectivity index is 1.57. The van der Waals surface area contributed by atoms with Crippen LogP contribution in [0, 0.1) is 5.82 Å². The molecule has 0 aliphatic rings. The number of aromatic hydroxyl groups is 1. The van der Waals surface area contributed by atoms with Crippen LogP contribution in [-0.2, 0) is 39.7 Å². The second kappa shape index (κ2) is 12.8. The first kappa shape index (κ1) is 31.5. The molecule has 4 rings (SSSR count). The van der Waals surface area contributed by atoms with Crippen LogP contribution in [0.5, 0.6) is 5.75 Å². The van der Waals surface area contributed by atoms with Gasteiger partial charge in [-0.3, -0.25) is 0 Å². The van der Waals surface area contributed by atoms with E-state index in [2.05, 4.69) is 4.72 Å². The van der Waals surface area contributed by atoms with Gasteiger partial charge in [0.15, 0.2) is 5.75 Å². The van der Waals surface area contributed by atoms with Gasteiger partial charge in [-0.2, -0.15) is 4.31 Å². The maximum absolute atomic E-state index is 13.7. The molecule has 0 fully saturated rings. The zero-order chi connectivity index (χ0) is 29.9. The minimum Gasteiger partial charge on any atom is -0.505 e. The third-order valence-electron chi connectivity index (χ3n) is 5.88. The number of phenolic OH excluding ortho intramolecular Hbond substituents is 1. The van der Waals surface area contributed by atoms with Crippen LogP contribution >= 0.6 is 46.4 Å². The molecule has 2 N–H and O–H groups in total. The van der Waals surface area contributed by atoms with Gasteiger partial charge in [-0.1, -0.05) is 82.8 Å². The number of benzene rings is 4. The highest BCUT2D eigenvalue weighted by atomic mass is 35.5. The van der Waals surface area contributed by atoms with Gasteiger partial charge >= 0.3 is 0 Å². The number of hydrogen-bond acceptors (Lipinski definition) is 5. The molecule has 4 aromatic carbocycles. The molecule has 0 atom stereocenters. The number of halogens is 5. The van der Waals surface area contributed by atoms with Crippen molar-refractivity contribution in [1.82, 2.24) is 9.03 Å². The zero-order valence-electron chi connectivity index (χ0n) is 20.9. The topological polar surface area (TPSA) is 104 Å². The van der Waals surface area contributed by atoms with Crippen molar-refractivity contribution in [3.05, 3.63) is 121 Å². The molecule has 0 aromatic heterocycles. The lowest BCUT2D eigenvalue weighted by Gasteiger charge is -2.23. The highest BCUT2D eigenvalue weighted by molar-refractivity contribution is 7.89. The number of nitrogens with zero attached hydrogens (tertiary/aromatic N) is 1. The van der Waals surface area contributed by atoms with E-state index in [9.17, 15) is 26.3 Å². The van der Waals surface area contributed by atoms with Crippen LogP contribution in [0.15, 0.2) is 88.7 Å². The van der Waals surface area contributed by atoms with Gasteiger partial charge in [0.05, 0.1) is 9.92 Å². The standard InChI is InChI=1S/C27H21Cl4FN2O5S2/c28-20-9-21(29)11-24(10-20)40(36,37)33-14-17-1-3-18(4-2-17)15-34(16-19-5-7-23(32)8-6-19)41(38,39)26-13-22(30)12-25(31)27(26)35/h1-13,33,35H,14-16H2. The molecule has 0 aliphatic heterocycles. The average Bonchev–Trinajstić information content (AvgIpc) is 2.90. The lowest BCUT2D eigenvalue weighted by atomic mass is 10.1. The van der Waals surface area contributed by atoms with Crippen molar-refractivity contribution in [1.29, 1.82) is 0 Å². The summed E-state index contributed by atoms with van der Waals surface area (Å²) in [5.41, 5.74) is 1.64. The number of nitrogens with one attached hydrogen (secondary N) is 1. The van der Waals surface area contributed by atoms with E-state index in [4.69, 9.17) is 46.4 Å². The third-order valence-corrected chi connectivity index (χ3v) is 10.0. The summed E-state index contributed by atoms with van der Waals surface area (Å²) in [5.74, 6) is -1.13. The van der Waals surface area contributed by atoms with Crippen molar-refractivity contribution in [2.75, 3.05) is 0 Å². The lowest BCUT2D eigenvalue weighted by molar-refractivity contribution is 0.394. The van der Waals surface area contributed by atoms with E-state index in [0.717, 1.165) is 10.4 Å². The fourth-order valence-electron chi connectivity index (χ4n) is 3.81. The maximum Gasteiger partial charge on any atom is 0.247 e. The molecule has 41 heavy (non-hydrogen) atoms. The van der Waals surface area contributed by atoms with E-state index in [-0.39, 0.29) is 44.6 Å². The fourth-order valence-corrected chi connectivity index (χ4v) is 7.71. The quantitative estimate of drug-likeness (QED) is 0.188. The minimum atomic E-state index is -4.35. The zero-order valence-corrected chi connectivity index (χ0v) is 25.5. The lowest BCUT2D eigenvalue weighted by Crippen LogP contribution is -2.30. The van der Waals surface area contributed by atoms with Gasteiger partial charge < -0.3 is 5.11 Å². The first-order valence-electron chi connectivity index (χ1n) is 11.7. The molecule has 0 radical (unpaired) electrons. The van der Waals surface area contributed by atoms with Gasteiger partial charge in [0.1, 0.15) is 10.7 Å². The van der Waals surface area contributed by atoms with Gasteiger partial charge in [0.25, 0.3) is 0 Å². The average molecular weight is 678 g/mol. The Bertz CT molecular complexity index is 1770.